The number of carbonyl (C=O) groups is 2. The van der Waals surface area contributed by atoms with Crippen molar-refractivity contribution in [2.45, 2.75) is 59.4 Å². The van der Waals surface area contributed by atoms with Crippen molar-refractivity contribution in [2.75, 3.05) is 18.4 Å². The molecule has 0 bridgehead atoms. The first-order chi connectivity index (χ1) is 16.8. The topological polar surface area (TPSA) is 69.6 Å². The minimum absolute atomic E-state index is 0.254. The van der Waals surface area contributed by atoms with Gasteiger partial charge in [0.25, 0.3) is 5.91 Å². The number of allylic oxidation sites excluding steroid dienone is 1. The fourth-order valence-corrected chi connectivity index (χ4v) is 4.75. The zero-order valence-corrected chi connectivity index (χ0v) is 22.2. The third-order valence-corrected chi connectivity index (χ3v) is 6.81. The van der Waals surface area contributed by atoms with Crippen LogP contribution in [0.25, 0.3) is 11.1 Å². The second-order valence-corrected chi connectivity index (χ2v) is 9.83. The molecule has 0 aliphatic carbocycles. The molecule has 1 aliphatic rings. The minimum atomic E-state index is -0.782. The van der Waals surface area contributed by atoms with Crippen LogP contribution in [0.3, 0.4) is 0 Å². The molecule has 1 atom stereocenters. The van der Waals surface area contributed by atoms with Crippen LogP contribution in [0.2, 0.25) is 0 Å². The number of likely N-dealkylation sites (tertiary alicyclic amines) is 1. The van der Waals surface area contributed by atoms with Crippen LogP contribution in [0.4, 0.5) is 5.69 Å². The summed E-state index contributed by atoms with van der Waals surface area (Å²) >= 11 is 1.31. The average Bonchev–Trinajstić information content (AvgIpc) is 2.86. The molecule has 1 unspecified atom stereocenters. The van der Waals surface area contributed by atoms with Crippen LogP contribution in [0, 0.1) is 6.92 Å². The Hall–Kier alpha value is -2.83. The number of nitrogens with one attached hydrogen (secondary N) is 1. The molecule has 2 aromatic carbocycles. The number of piperidine rings is 1. The SMILES string of the molecule is C=C(S/C(=C\C)CN1CCCCC1C(=O)O)C(=O)Nc1cccc(-c2ccccc2)c1C.CCC. The molecule has 0 saturated carbocycles. The zero-order chi connectivity index (χ0) is 25.8. The fraction of sp³-hybridized carbons (Fsp3) is 0.379. The predicted molar refractivity (Wildman–Crippen MR) is 149 cm³/mol. The summed E-state index contributed by atoms with van der Waals surface area (Å²) in [5, 5.41) is 12.5. The van der Waals surface area contributed by atoms with Gasteiger partial charge in [0, 0.05) is 12.2 Å². The third-order valence-electron chi connectivity index (χ3n) is 5.75. The molecule has 1 heterocycles. The van der Waals surface area contributed by atoms with Crippen molar-refractivity contribution in [3.8, 4) is 11.1 Å². The van der Waals surface area contributed by atoms with Crippen molar-refractivity contribution in [2.24, 2.45) is 0 Å². The number of nitrogens with zero attached hydrogens (tertiary/aromatic N) is 1. The number of benzene rings is 2. The van der Waals surface area contributed by atoms with Crippen LogP contribution in [-0.2, 0) is 9.59 Å². The molecule has 0 spiro atoms. The normalized spacial score (nSPS) is 16.1. The van der Waals surface area contributed by atoms with Gasteiger partial charge in [0.2, 0.25) is 0 Å². The average molecular weight is 495 g/mol. The molecule has 1 aliphatic heterocycles. The number of hydrogen-bond acceptors (Lipinski definition) is 4. The second-order valence-electron chi connectivity index (χ2n) is 8.61. The first-order valence-corrected chi connectivity index (χ1v) is 13.1. The Balaban J connectivity index is 0.00000137. The molecule has 3 rings (SSSR count). The second kappa shape index (κ2) is 14.5. The lowest BCUT2D eigenvalue weighted by Gasteiger charge is -2.33. The van der Waals surface area contributed by atoms with E-state index in [-0.39, 0.29) is 5.91 Å². The van der Waals surface area contributed by atoms with Gasteiger partial charge in [0.1, 0.15) is 6.04 Å². The molecule has 35 heavy (non-hydrogen) atoms. The maximum Gasteiger partial charge on any atom is 0.320 e. The molecule has 5 nitrogen and oxygen atoms in total. The highest BCUT2D eigenvalue weighted by atomic mass is 32.2. The van der Waals surface area contributed by atoms with Crippen LogP contribution in [-0.4, -0.2) is 41.0 Å². The van der Waals surface area contributed by atoms with Crippen molar-refractivity contribution in [1.29, 1.82) is 0 Å². The number of thioether (sulfide) groups is 1. The lowest BCUT2D eigenvalue weighted by molar-refractivity contribution is -0.144. The van der Waals surface area contributed by atoms with E-state index >= 15 is 0 Å². The van der Waals surface area contributed by atoms with Gasteiger partial charge in [-0.05, 0) is 60.9 Å². The van der Waals surface area contributed by atoms with E-state index in [4.69, 9.17) is 0 Å². The first-order valence-electron chi connectivity index (χ1n) is 12.3. The van der Waals surface area contributed by atoms with Gasteiger partial charge in [-0.1, -0.05) is 93.6 Å². The number of hydrogen-bond donors (Lipinski definition) is 2. The van der Waals surface area contributed by atoms with Crippen molar-refractivity contribution >= 4 is 29.3 Å². The maximum absolute atomic E-state index is 12.9. The van der Waals surface area contributed by atoms with E-state index in [1.807, 2.05) is 73.4 Å². The smallest absolute Gasteiger partial charge is 0.320 e. The summed E-state index contributed by atoms with van der Waals surface area (Å²) in [4.78, 5) is 27.7. The quantitative estimate of drug-likeness (QED) is 0.383. The summed E-state index contributed by atoms with van der Waals surface area (Å²) in [6.45, 7) is 13.4. The van der Waals surface area contributed by atoms with Gasteiger partial charge in [0.15, 0.2) is 0 Å². The number of anilines is 1. The number of amides is 1. The fourth-order valence-electron chi connectivity index (χ4n) is 3.94. The van der Waals surface area contributed by atoms with Gasteiger partial charge < -0.3 is 10.4 Å². The van der Waals surface area contributed by atoms with Gasteiger partial charge in [-0.15, -0.1) is 0 Å². The van der Waals surface area contributed by atoms with E-state index in [9.17, 15) is 14.7 Å². The molecule has 2 N–H and O–H groups in total. The predicted octanol–water partition coefficient (Wildman–Crippen LogP) is 7.11. The monoisotopic (exact) mass is 494 g/mol. The summed E-state index contributed by atoms with van der Waals surface area (Å²) in [5.74, 6) is -1.04. The van der Waals surface area contributed by atoms with Gasteiger partial charge in [0.05, 0.1) is 4.91 Å². The van der Waals surface area contributed by atoms with Gasteiger partial charge in [-0.25, -0.2) is 0 Å². The van der Waals surface area contributed by atoms with Gasteiger partial charge in [-0.2, -0.15) is 0 Å². The summed E-state index contributed by atoms with van der Waals surface area (Å²) < 4.78 is 0. The molecular weight excluding hydrogens is 456 g/mol. The van der Waals surface area contributed by atoms with Gasteiger partial charge in [-0.3, -0.25) is 14.5 Å². The number of rotatable bonds is 8. The lowest BCUT2D eigenvalue weighted by Crippen LogP contribution is -2.45. The molecule has 0 aromatic heterocycles. The van der Waals surface area contributed by atoms with Crippen LogP contribution >= 0.6 is 11.8 Å². The van der Waals surface area contributed by atoms with Crippen LogP contribution in [0.1, 0.15) is 52.0 Å². The Morgan fingerprint density at radius 3 is 2.46 bits per heavy atom. The molecule has 6 heteroatoms. The zero-order valence-electron chi connectivity index (χ0n) is 21.3. The molecule has 0 radical (unpaired) electrons. The molecule has 1 fully saturated rings. The van der Waals surface area contributed by atoms with E-state index in [1.54, 1.807) is 0 Å². The van der Waals surface area contributed by atoms with Crippen LogP contribution in [0.5, 0.6) is 0 Å². The minimum Gasteiger partial charge on any atom is -0.480 e. The highest BCUT2D eigenvalue weighted by molar-refractivity contribution is 8.07. The highest BCUT2D eigenvalue weighted by Gasteiger charge is 2.29. The van der Waals surface area contributed by atoms with Gasteiger partial charge >= 0.3 is 5.97 Å². The number of aliphatic carboxylic acids is 1. The Morgan fingerprint density at radius 1 is 1.14 bits per heavy atom. The Bertz CT molecular complexity index is 1030. The summed E-state index contributed by atoms with van der Waals surface area (Å²) in [7, 11) is 0. The molecule has 2 aromatic rings. The number of carboxylic acids is 1. The Kier molecular flexibility index (Phi) is 11.8. The Labute approximate surface area is 214 Å². The summed E-state index contributed by atoms with van der Waals surface area (Å²) in [5.41, 5.74) is 3.91. The number of carboxylic acid groups (broad SMARTS) is 1. The van der Waals surface area contributed by atoms with Crippen molar-refractivity contribution < 1.29 is 14.7 Å². The standard InChI is InChI=1S/C26H30N2O3S.C3H8/c1-4-21(17-28-16-9-8-15-24(28)26(30)31)32-19(3)25(29)27-23-14-10-13-22(18(23)2)20-11-6-5-7-12-20;1-3-2/h4-7,10-14,24H,3,8-9,15-17H2,1-2H3,(H,27,29)(H,30,31);3H2,1-2H3/b21-4-;. The highest BCUT2D eigenvalue weighted by Crippen LogP contribution is 2.31. The maximum atomic E-state index is 12.9. The van der Waals surface area contributed by atoms with E-state index < -0.39 is 12.0 Å². The van der Waals surface area contributed by atoms with Crippen molar-refractivity contribution in [3.05, 3.63) is 76.6 Å². The number of carbonyl (C=O) groups excluding carboxylic acids is 1. The Morgan fingerprint density at radius 2 is 1.83 bits per heavy atom. The van der Waals surface area contributed by atoms with E-state index in [1.165, 1.54) is 18.2 Å². The van der Waals surface area contributed by atoms with Crippen LogP contribution in [0.15, 0.2) is 71.0 Å². The molecule has 188 valence electrons. The van der Waals surface area contributed by atoms with E-state index in [0.717, 1.165) is 46.7 Å². The summed E-state index contributed by atoms with van der Waals surface area (Å²) in [6, 6.07) is 15.5. The van der Waals surface area contributed by atoms with Crippen LogP contribution < -0.4 is 5.32 Å². The lowest BCUT2D eigenvalue weighted by atomic mass is 9.99. The van der Waals surface area contributed by atoms with Crippen molar-refractivity contribution in [1.82, 2.24) is 4.90 Å². The van der Waals surface area contributed by atoms with Crippen molar-refractivity contribution in [3.63, 3.8) is 0 Å². The molecular formula is C29H38N2O3S. The molecule has 1 amide bonds. The van der Waals surface area contributed by atoms with E-state index in [0.29, 0.717) is 17.9 Å². The molecule has 1 saturated heterocycles. The largest absolute Gasteiger partial charge is 0.480 e. The first kappa shape index (κ1) is 28.4. The summed E-state index contributed by atoms with van der Waals surface area (Å²) in [6.07, 6.45) is 5.76. The van der Waals surface area contributed by atoms with E-state index in [2.05, 4.69) is 25.7 Å². The third kappa shape index (κ3) is 8.41.